The number of nitrogen functional groups attached to an aromatic ring is 1. The number of hydrogen-bond acceptors (Lipinski definition) is 5. The van der Waals surface area contributed by atoms with Crippen molar-refractivity contribution in [1.82, 2.24) is 10.1 Å². The van der Waals surface area contributed by atoms with Crippen LogP contribution in [0.4, 0.5) is 5.69 Å². The van der Waals surface area contributed by atoms with Crippen LogP contribution < -0.4 is 5.73 Å². The molecule has 0 saturated heterocycles. The Balaban J connectivity index is 2.38. The normalized spacial score (nSPS) is 11.8. The lowest BCUT2D eigenvalue weighted by Crippen LogP contribution is -2.21. The van der Waals surface area contributed by atoms with Gasteiger partial charge in [-0.05, 0) is 48.0 Å². The summed E-state index contributed by atoms with van der Waals surface area (Å²) in [4.78, 5) is 4.33. The summed E-state index contributed by atoms with van der Waals surface area (Å²) >= 11 is 3.36. The summed E-state index contributed by atoms with van der Waals surface area (Å²) in [6.45, 7) is 3.75. The monoisotopic (exact) mass is 311 g/mol. The molecule has 2 rings (SSSR count). The molecule has 0 aliphatic carbocycles. The van der Waals surface area contributed by atoms with Gasteiger partial charge in [-0.25, -0.2) is 0 Å². The van der Waals surface area contributed by atoms with E-state index in [0.29, 0.717) is 17.4 Å². The Morgan fingerprint density at radius 1 is 1.39 bits per heavy atom. The lowest BCUT2D eigenvalue weighted by Gasteiger charge is -2.17. The van der Waals surface area contributed by atoms with Gasteiger partial charge in [0.25, 0.3) is 5.89 Å². The van der Waals surface area contributed by atoms with Gasteiger partial charge in [0.1, 0.15) is 5.60 Å². The predicted molar refractivity (Wildman–Crippen MR) is 71.9 cm³/mol. The maximum Gasteiger partial charge on any atom is 0.258 e. The number of rotatable bonds is 3. The molecule has 0 spiro atoms. The molecule has 0 radical (unpaired) electrons. The largest absolute Gasteiger partial charge is 0.398 e. The maximum absolute atomic E-state index is 5.73. The SMILES string of the molecule is COC(C)(C)c1noc(-c2ccc(N)c(Br)c2)n1. The van der Waals surface area contributed by atoms with E-state index in [9.17, 15) is 0 Å². The van der Waals surface area contributed by atoms with Crippen LogP contribution in [0.3, 0.4) is 0 Å². The van der Waals surface area contributed by atoms with Gasteiger partial charge < -0.3 is 15.0 Å². The van der Waals surface area contributed by atoms with Crippen molar-refractivity contribution in [3.05, 3.63) is 28.5 Å². The van der Waals surface area contributed by atoms with Crippen LogP contribution in [0.25, 0.3) is 11.5 Å². The Bertz CT molecular complexity index is 566. The van der Waals surface area contributed by atoms with Crippen molar-refractivity contribution in [3.8, 4) is 11.5 Å². The molecule has 0 saturated carbocycles. The number of methoxy groups -OCH3 is 1. The Morgan fingerprint density at radius 2 is 2.11 bits per heavy atom. The predicted octanol–water partition coefficient (Wildman–Crippen LogP) is 2.96. The molecule has 5 nitrogen and oxygen atoms in total. The number of aromatic nitrogens is 2. The highest BCUT2D eigenvalue weighted by Crippen LogP contribution is 2.28. The molecule has 0 aliphatic rings. The summed E-state index contributed by atoms with van der Waals surface area (Å²) in [5.41, 5.74) is 6.62. The lowest BCUT2D eigenvalue weighted by molar-refractivity contribution is 0.00973. The molecular formula is C12H14BrN3O2. The fourth-order valence-corrected chi connectivity index (χ4v) is 1.72. The number of nitrogens with zero attached hydrogens (tertiary/aromatic N) is 2. The van der Waals surface area contributed by atoms with Crippen LogP contribution in [0.5, 0.6) is 0 Å². The molecule has 1 aromatic carbocycles. The summed E-state index contributed by atoms with van der Waals surface area (Å²) in [6.07, 6.45) is 0. The van der Waals surface area contributed by atoms with Gasteiger partial charge in [0.15, 0.2) is 0 Å². The van der Waals surface area contributed by atoms with E-state index in [1.807, 2.05) is 26.0 Å². The van der Waals surface area contributed by atoms with Crippen molar-refractivity contribution in [2.75, 3.05) is 12.8 Å². The third-order valence-corrected chi connectivity index (χ3v) is 3.41. The number of hydrogen-bond donors (Lipinski definition) is 1. The van der Waals surface area contributed by atoms with E-state index in [1.165, 1.54) is 0 Å². The summed E-state index contributed by atoms with van der Waals surface area (Å²) in [5, 5.41) is 3.93. The lowest BCUT2D eigenvalue weighted by atomic mass is 10.1. The van der Waals surface area contributed by atoms with Crippen LogP contribution in [0.2, 0.25) is 0 Å². The second kappa shape index (κ2) is 4.70. The van der Waals surface area contributed by atoms with E-state index < -0.39 is 5.60 Å². The van der Waals surface area contributed by atoms with E-state index in [4.69, 9.17) is 15.0 Å². The van der Waals surface area contributed by atoms with Gasteiger partial charge in [-0.2, -0.15) is 4.98 Å². The molecule has 1 heterocycles. The summed E-state index contributed by atoms with van der Waals surface area (Å²) in [6, 6.07) is 5.45. The van der Waals surface area contributed by atoms with Crippen LogP contribution in [-0.4, -0.2) is 17.3 Å². The Morgan fingerprint density at radius 3 is 2.72 bits per heavy atom. The van der Waals surface area contributed by atoms with Gasteiger partial charge in [-0.3, -0.25) is 0 Å². The summed E-state index contributed by atoms with van der Waals surface area (Å²) in [7, 11) is 1.61. The Kier molecular flexibility index (Phi) is 3.41. The molecule has 96 valence electrons. The fraction of sp³-hybridized carbons (Fsp3) is 0.333. The zero-order valence-electron chi connectivity index (χ0n) is 10.4. The number of benzene rings is 1. The first kappa shape index (κ1) is 13.0. The molecule has 0 amide bonds. The number of anilines is 1. The first-order chi connectivity index (χ1) is 8.44. The van der Waals surface area contributed by atoms with Crippen molar-refractivity contribution in [3.63, 3.8) is 0 Å². The second-order valence-corrected chi connectivity index (χ2v) is 5.23. The average Bonchev–Trinajstić information content (AvgIpc) is 2.83. The smallest absolute Gasteiger partial charge is 0.258 e. The van der Waals surface area contributed by atoms with Gasteiger partial charge in [0.2, 0.25) is 5.82 Å². The van der Waals surface area contributed by atoms with Crippen LogP contribution in [0.15, 0.2) is 27.2 Å². The Hall–Kier alpha value is -1.40. The highest BCUT2D eigenvalue weighted by molar-refractivity contribution is 9.10. The van der Waals surface area contributed by atoms with E-state index >= 15 is 0 Å². The number of halogens is 1. The molecule has 0 fully saturated rings. The minimum Gasteiger partial charge on any atom is -0.398 e. The zero-order valence-corrected chi connectivity index (χ0v) is 12.0. The molecule has 2 N–H and O–H groups in total. The van der Waals surface area contributed by atoms with Crippen LogP contribution in [0.1, 0.15) is 19.7 Å². The minimum absolute atomic E-state index is 0.441. The fourth-order valence-electron chi connectivity index (χ4n) is 1.34. The molecule has 6 heteroatoms. The molecule has 18 heavy (non-hydrogen) atoms. The van der Waals surface area contributed by atoms with E-state index in [2.05, 4.69) is 26.1 Å². The quantitative estimate of drug-likeness (QED) is 0.882. The molecule has 0 aliphatic heterocycles. The highest BCUT2D eigenvalue weighted by Gasteiger charge is 2.26. The van der Waals surface area contributed by atoms with Crippen molar-refractivity contribution in [1.29, 1.82) is 0 Å². The zero-order chi connectivity index (χ0) is 13.3. The molecule has 0 bridgehead atoms. The van der Waals surface area contributed by atoms with Crippen LogP contribution in [0, 0.1) is 0 Å². The van der Waals surface area contributed by atoms with Crippen molar-refractivity contribution in [2.24, 2.45) is 0 Å². The van der Waals surface area contributed by atoms with Gasteiger partial charge in [0, 0.05) is 22.8 Å². The molecular weight excluding hydrogens is 298 g/mol. The maximum atomic E-state index is 5.73. The van der Waals surface area contributed by atoms with Gasteiger partial charge in [-0.1, -0.05) is 5.16 Å². The minimum atomic E-state index is -0.577. The first-order valence-corrected chi connectivity index (χ1v) is 6.18. The molecule has 0 atom stereocenters. The Labute approximate surface area is 113 Å². The molecule has 2 aromatic rings. The van der Waals surface area contributed by atoms with Gasteiger partial charge in [0.05, 0.1) is 0 Å². The van der Waals surface area contributed by atoms with E-state index in [0.717, 1.165) is 10.0 Å². The third kappa shape index (κ3) is 2.39. The number of nitrogens with two attached hydrogens (primary N) is 1. The molecule has 0 unspecified atom stereocenters. The van der Waals surface area contributed by atoms with Crippen molar-refractivity contribution < 1.29 is 9.26 Å². The number of ether oxygens (including phenoxy) is 1. The van der Waals surface area contributed by atoms with Gasteiger partial charge in [-0.15, -0.1) is 0 Å². The summed E-state index contributed by atoms with van der Waals surface area (Å²) < 4.78 is 11.3. The van der Waals surface area contributed by atoms with Crippen LogP contribution >= 0.6 is 15.9 Å². The summed E-state index contributed by atoms with van der Waals surface area (Å²) in [5.74, 6) is 0.948. The van der Waals surface area contributed by atoms with E-state index in [-0.39, 0.29) is 0 Å². The van der Waals surface area contributed by atoms with Crippen molar-refractivity contribution >= 4 is 21.6 Å². The average molecular weight is 312 g/mol. The standard InChI is InChI=1S/C12H14BrN3O2/c1-12(2,17-3)11-15-10(18-16-11)7-4-5-9(14)8(13)6-7/h4-6H,14H2,1-3H3. The van der Waals surface area contributed by atoms with Crippen molar-refractivity contribution in [2.45, 2.75) is 19.4 Å². The highest BCUT2D eigenvalue weighted by atomic mass is 79.9. The second-order valence-electron chi connectivity index (χ2n) is 4.37. The van der Waals surface area contributed by atoms with Crippen LogP contribution in [-0.2, 0) is 10.3 Å². The third-order valence-electron chi connectivity index (χ3n) is 2.72. The first-order valence-electron chi connectivity index (χ1n) is 5.39. The topological polar surface area (TPSA) is 74.2 Å². The molecule has 1 aromatic heterocycles. The van der Waals surface area contributed by atoms with Gasteiger partial charge >= 0.3 is 0 Å². The van der Waals surface area contributed by atoms with E-state index in [1.54, 1.807) is 13.2 Å².